The Labute approximate surface area is 85.7 Å². The maximum absolute atomic E-state index is 12.8. The zero-order valence-corrected chi connectivity index (χ0v) is 8.44. The largest absolute Gasteiger partial charge is 0.207 e. The molecule has 0 fully saturated rings. The molecule has 1 aromatic rings. The van der Waals surface area contributed by atoms with Crippen LogP contribution >= 0.6 is 11.8 Å². The number of rotatable bonds is 3. The molecule has 0 amide bonds. The first-order valence-corrected chi connectivity index (χ1v) is 5.06. The highest BCUT2D eigenvalue weighted by Gasteiger charge is 2.12. The molecule has 74 valence electrons. The second-order valence-electron chi connectivity index (χ2n) is 2.81. The molecule has 1 nitrogen and oxygen atoms in total. The van der Waals surface area contributed by atoms with Crippen LogP contribution in [0, 0.1) is 22.3 Å². The van der Waals surface area contributed by atoms with Crippen LogP contribution in [-0.4, -0.2) is 0 Å². The molecule has 0 heterocycles. The van der Waals surface area contributed by atoms with E-state index in [-0.39, 0.29) is 5.25 Å². The van der Waals surface area contributed by atoms with Crippen LogP contribution in [0.5, 0.6) is 0 Å². The van der Waals surface area contributed by atoms with Gasteiger partial charge in [-0.25, -0.2) is 8.78 Å². The van der Waals surface area contributed by atoms with Crippen molar-refractivity contribution in [1.82, 2.24) is 0 Å². The van der Waals surface area contributed by atoms with Gasteiger partial charge in [0.2, 0.25) is 0 Å². The van der Waals surface area contributed by atoms with Crippen LogP contribution in [0.25, 0.3) is 0 Å². The molecule has 0 aliphatic carbocycles. The average molecular weight is 213 g/mol. The van der Waals surface area contributed by atoms with E-state index in [1.54, 1.807) is 0 Å². The third kappa shape index (κ3) is 2.71. The van der Waals surface area contributed by atoms with Crippen molar-refractivity contribution in [2.24, 2.45) is 0 Å². The molecule has 0 aliphatic heterocycles. The predicted molar refractivity (Wildman–Crippen MR) is 52.6 cm³/mol. The van der Waals surface area contributed by atoms with Crippen LogP contribution in [0.4, 0.5) is 8.78 Å². The second-order valence-corrected chi connectivity index (χ2v) is 3.80. The smallest absolute Gasteiger partial charge is 0.133 e. The van der Waals surface area contributed by atoms with E-state index in [9.17, 15) is 8.78 Å². The topological polar surface area (TPSA) is 23.8 Å². The van der Waals surface area contributed by atoms with Crippen molar-refractivity contribution in [2.45, 2.75) is 18.6 Å². The molecule has 4 heteroatoms. The van der Waals surface area contributed by atoms with E-state index in [1.807, 2.05) is 12.3 Å². The van der Waals surface area contributed by atoms with Crippen molar-refractivity contribution in [2.75, 3.05) is 0 Å². The van der Waals surface area contributed by atoms with Gasteiger partial charge in [0.25, 0.3) is 0 Å². The highest BCUT2D eigenvalue weighted by molar-refractivity contribution is 8.03. The standard InChI is InChI=1S/C10H9F2NS/c1-2-10(14-6-13)7-3-8(11)5-9(12)4-7/h3-5,10H,2H2,1H3. The lowest BCUT2D eigenvalue weighted by Crippen LogP contribution is -1.93. The van der Waals surface area contributed by atoms with Gasteiger partial charge in [-0.05, 0) is 35.9 Å². The lowest BCUT2D eigenvalue weighted by Gasteiger charge is -2.10. The normalized spacial score (nSPS) is 12.1. The number of halogens is 2. The molecule has 1 rings (SSSR count). The fourth-order valence-corrected chi connectivity index (χ4v) is 1.78. The maximum Gasteiger partial charge on any atom is 0.133 e. The molecule has 1 atom stereocenters. The van der Waals surface area contributed by atoms with Crippen LogP contribution < -0.4 is 0 Å². The summed E-state index contributed by atoms with van der Waals surface area (Å²) >= 11 is 1.02. The van der Waals surface area contributed by atoms with Gasteiger partial charge in [0.1, 0.15) is 17.0 Å². The number of nitrogens with zero attached hydrogens (tertiary/aromatic N) is 1. The minimum Gasteiger partial charge on any atom is -0.207 e. The summed E-state index contributed by atoms with van der Waals surface area (Å²) in [6.45, 7) is 1.87. The molecule has 0 N–H and O–H groups in total. The lowest BCUT2D eigenvalue weighted by atomic mass is 10.1. The van der Waals surface area contributed by atoms with Crippen molar-refractivity contribution in [3.63, 3.8) is 0 Å². The Balaban J connectivity index is 2.98. The zero-order chi connectivity index (χ0) is 10.6. The van der Waals surface area contributed by atoms with E-state index in [4.69, 9.17) is 5.26 Å². The molecule has 0 saturated carbocycles. The molecule has 0 radical (unpaired) electrons. The Kier molecular flexibility index (Phi) is 3.90. The van der Waals surface area contributed by atoms with Crippen molar-refractivity contribution >= 4 is 11.8 Å². The first-order valence-electron chi connectivity index (χ1n) is 4.18. The second kappa shape index (κ2) is 4.97. The number of nitriles is 1. The first-order chi connectivity index (χ1) is 6.67. The lowest BCUT2D eigenvalue weighted by molar-refractivity contribution is 0.579. The van der Waals surface area contributed by atoms with E-state index >= 15 is 0 Å². The molecule has 0 saturated heterocycles. The van der Waals surface area contributed by atoms with Gasteiger partial charge in [-0.1, -0.05) is 6.92 Å². The van der Waals surface area contributed by atoms with Crippen LogP contribution in [-0.2, 0) is 0 Å². The fraction of sp³-hybridized carbons (Fsp3) is 0.300. The third-order valence-corrected chi connectivity index (χ3v) is 2.82. The SMILES string of the molecule is CCC(SC#N)c1cc(F)cc(F)c1. The summed E-state index contributed by atoms with van der Waals surface area (Å²) in [6.07, 6.45) is 0.668. The summed E-state index contributed by atoms with van der Waals surface area (Å²) in [6, 6.07) is 3.36. The number of benzene rings is 1. The van der Waals surface area contributed by atoms with Crippen LogP contribution in [0.3, 0.4) is 0 Å². The van der Waals surface area contributed by atoms with E-state index in [2.05, 4.69) is 0 Å². The number of thioether (sulfide) groups is 1. The van der Waals surface area contributed by atoms with Crippen LogP contribution in [0.15, 0.2) is 18.2 Å². The van der Waals surface area contributed by atoms with E-state index in [0.717, 1.165) is 17.8 Å². The fourth-order valence-electron chi connectivity index (χ4n) is 1.21. The highest BCUT2D eigenvalue weighted by Crippen LogP contribution is 2.31. The minimum atomic E-state index is -0.600. The third-order valence-electron chi connectivity index (χ3n) is 1.82. The number of hydrogen-bond donors (Lipinski definition) is 0. The molecule has 1 unspecified atom stereocenters. The average Bonchev–Trinajstić information content (AvgIpc) is 2.12. The van der Waals surface area contributed by atoms with Gasteiger partial charge in [-0.15, -0.1) is 0 Å². The summed E-state index contributed by atoms with van der Waals surface area (Å²) in [7, 11) is 0. The molecule has 0 spiro atoms. The van der Waals surface area contributed by atoms with Crippen molar-refractivity contribution < 1.29 is 8.78 Å². The van der Waals surface area contributed by atoms with Gasteiger partial charge in [0.05, 0.1) is 0 Å². The molecule has 14 heavy (non-hydrogen) atoms. The maximum atomic E-state index is 12.8. The van der Waals surface area contributed by atoms with Gasteiger partial charge < -0.3 is 0 Å². The molecular weight excluding hydrogens is 204 g/mol. The Morgan fingerprint density at radius 1 is 1.36 bits per heavy atom. The van der Waals surface area contributed by atoms with Crippen molar-refractivity contribution in [3.05, 3.63) is 35.4 Å². The molecule has 1 aromatic carbocycles. The Hall–Kier alpha value is -1.08. The number of thiocyanates is 1. The summed E-state index contributed by atoms with van der Waals surface area (Å²) in [5.74, 6) is -1.20. The summed E-state index contributed by atoms with van der Waals surface area (Å²) in [5, 5.41) is 10.3. The first kappa shape index (κ1) is 11.0. The summed E-state index contributed by atoms with van der Waals surface area (Å²) in [4.78, 5) is 0. The minimum absolute atomic E-state index is 0.162. The van der Waals surface area contributed by atoms with Gasteiger partial charge in [-0.3, -0.25) is 0 Å². The Morgan fingerprint density at radius 3 is 2.36 bits per heavy atom. The number of hydrogen-bond acceptors (Lipinski definition) is 2. The Bertz CT molecular complexity index is 339. The quantitative estimate of drug-likeness (QED) is 0.716. The summed E-state index contributed by atoms with van der Waals surface area (Å²) in [5.41, 5.74) is 0.525. The van der Waals surface area contributed by atoms with Crippen LogP contribution in [0.2, 0.25) is 0 Å². The van der Waals surface area contributed by atoms with Gasteiger partial charge >= 0.3 is 0 Å². The van der Waals surface area contributed by atoms with Gasteiger partial charge in [0, 0.05) is 11.3 Å². The van der Waals surface area contributed by atoms with Crippen LogP contribution in [0.1, 0.15) is 24.2 Å². The Morgan fingerprint density at radius 2 is 1.93 bits per heavy atom. The van der Waals surface area contributed by atoms with Crippen molar-refractivity contribution in [3.8, 4) is 5.40 Å². The monoisotopic (exact) mass is 213 g/mol. The van der Waals surface area contributed by atoms with E-state index in [0.29, 0.717) is 12.0 Å². The van der Waals surface area contributed by atoms with Gasteiger partial charge in [-0.2, -0.15) is 5.26 Å². The van der Waals surface area contributed by atoms with Gasteiger partial charge in [0.15, 0.2) is 0 Å². The predicted octanol–water partition coefficient (Wildman–Crippen LogP) is 3.63. The zero-order valence-electron chi connectivity index (χ0n) is 7.63. The van der Waals surface area contributed by atoms with Crippen molar-refractivity contribution in [1.29, 1.82) is 5.26 Å². The molecule has 0 aromatic heterocycles. The summed E-state index contributed by atoms with van der Waals surface area (Å²) < 4.78 is 25.7. The molecule has 0 bridgehead atoms. The van der Waals surface area contributed by atoms with E-state index in [1.165, 1.54) is 12.1 Å². The molecule has 0 aliphatic rings. The highest BCUT2D eigenvalue weighted by atomic mass is 32.2. The van der Waals surface area contributed by atoms with E-state index < -0.39 is 11.6 Å². The molecular formula is C10H9F2NS.